The van der Waals surface area contributed by atoms with Gasteiger partial charge in [-0.1, -0.05) is 0 Å². The van der Waals surface area contributed by atoms with Crippen LogP contribution in [0.5, 0.6) is 0 Å². The van der Waals surface area contributed by atoms with E-state index in [1.165, 1.54) is 0 Å². The third-order valence-electron chi connectivity index (χ3n) is 2.04. The van der Waals surface area contributed by atoms with Crippen molar-refractivity contribution < 1.29 is 0 Å². The molecular weight excluding hydrogens is 208 g/mol. The van der Waals surface area contributed by atoms with Crippen LogP contribution in [0.15, 0.2) is 17.8 Å². The molecule has 0 saturated heterocycles. The number of aromatic nitrogens is 3. The van der Waals surface area contributed by atoms with Gasteiger partial charge in [-0.2, -0.15) is 0 Å². The summed E-state index contributed by atoms with van der Waals surface area (Å²) in [7, 11) is 0. The molecule has 0 aromatic carbocycles. The first-order chi connectivity index (χ1) is 7.34. The summed E-state index contributed by atoms with van der Waals surface area (Å²) >= 11 is 1.65. The quantitative estimate of drug-likeness (QED) is 0.763. The first kappa shape index (κ1) is 10.2. The molecular formula is C10H14N4S. The van der Waals surface area contributed by atoms with Gasteiger partial charge < -0.3 is 10.3 Å². The molecule has 4 nitrogen and oxygen atoms in total. The summed E-state index contributed by atoms with van der Waals surface area (Å²) in [6, 6.07) is 0. The molecule has 2 heterocycles. The van der Waals surface area contributed by atoms with E-state index in [9.17, 15) is 0 Å². The summed E-state index contributed by atoms with van der Waals surface area (Å²) in [5.41, 5.74) is 1.08. The molecule has 0 radical (unpaired) electrons. The van der Waals surface area contributed by atoms with Crippen LogP contribution in [0.3, 0.4) is 0 Å². The number of aryl methyl sites for hydroxylation is 2. The number of rotatable bonds is 5. The molecule has 0 saturated carbocycles. The fourth-order valence-corrected chi connectivity index (χ4v) is 2.04. The molecule has 0 unspecified atom stereocenters. The number of thiazole rings is 1. The lowest BCUT2D eigenvalue weighted by Gasteiger charge is -2.00. The molecule has 80 valence electrons. The lowest BCUT2D eigenvalue weighted by molar-refractivity contribution is 0.815. The van der Waals surface area contributed by atoms with Crippen LogP contribution in [0.1, 0.15) is 17.9 Å². The van der Waals surface area contributed by atoms with Gasteiger partial charge in [-0.3, -0.25) is 0 Å². The summed E-state index contributed by atoms with van der Waals surface area (Å²) in [4.78, 5) is 11.6. The third kappa shape index (κ3) is 3.06. The van der Waals surface area contributed by atoms with E-state index >= 15 is 0 Å². The molecule has 0 aliphatic carbocycles. The summed E-state index contributed by atoms with van der Waals surface area (Å²) < 4.78 is 0. The molecule has 2 aromatic rings. The average Bonchev–Trinajstić information content (AvgIpc) is 2.84. The largest absolute Gasteiger partial charge is 0.362 e. The summed E-state index contributed by atoms with van der Waals surface area (Å²) in [6.07, 6.45) is 5.68. The Morgan fingerprint density at radius 2 is 2.47 bits per heavy atom. The summed E-state index contributed by atoms with van der Waals surface area (Å²) in [6.45, 7) is 2.94. The van der Waals surface area contributed by atoms with Gasteiger partial charge in [0, 0.05) is 30.7 Å². The number of hydrogen-bond donors (Lipinski definition) is 2. The molecule has 2 rings (SSSR count). The van der Waals surface area contributed by atoms with Crippen molar-refractivity contribution in [2.45, 2.75) is 19.8 Å². The van der Waals surface area contributed by atoms with Crippen molar-refractivity contribution in [3.63, 3.8) is 0 Å². The van der Waals surface area contributed by atoms with Crippen molar-refractivity contribution in [2.75, 3.05) is 11.9 Å². The van der Waals surface area contributed by atoms with E-state index in [0.717, 1.165) is 36.0 Å². The van der Waals surface area contributed by atoms with Crippen molar-refractivity contribution in [1.82, 2.24) is 15.0 Å². The molecule has 5 heteroatoms. The Bertz CT molecular complexity index is 393. The fraction of sp³-hybridized carbons (Fsp3) is 0.400. The number of anilines is 1. The summed E-state index contributed by atoms with van der Waals surface area (Å²) in [5, 5.41) is 6.35. The maximum Gasteiger partial charge on any atom is 0.182 e. The predicted molar refractivity (Wildman–Crippen MR) is 62.2 cm³/mol. The van der Waals surface area contributed by atoms with Crippen LogP contribution in [-0.4, -0.2) is 21.5 Å². The number of nitrogens with one attached hydrogen (secondary N) is 2. The van der Waals surface area contributed by atoms with E-state index in [1.807, 2.05) is 13.1 Å². The topological polar surface area (TPSA) is 53.6 Å². The van der Waals surface area contributed by atoms with Gasteiger partial charge in [0.2, 0.25) is 0 Å². The molecule has 0 amide bonds. The van der Waals surface area contributed by atoms with Gasteiger partial charge in [0.25, 0.3) is 0 Å². The number of aromatic amines is 1. The van der Waals surface area contributed by atoms with Crippen LogP contribution in [-0.2, 0) is 6.42 Å². The molecule has 0 fully saturated rings. The average molecular weight is 222 g/mol. The van der Waals surface area contributed by atoms with Crippen LogP contribution in [0.2, 0.25) is 0 Å². The van der Waals surface area contributed by atoms with Crippen molar-refractivity contribution in [3.05, 3.63) is 29.3 Å². The monoisotopic (exact) mass is 222 g/mol. The van der Waals surface area contributed by atoms with Gasteiger partial charge in [-0.25, -0.2) is 9.97 Å². The minimum atomic E-state index is 0.938. The second-order valence-electron chi connectivity index (χ2n) is 3.36. The van der Waals surface area contributed by atoms with Crippen LogP contribution in [0, 0.1) is 6.92 Å². The van der Waals surface area contributed by atoms with Gasteiger partial charge in [0.15, 0.2) is 5.13 Å². The highest BCUT2D eigenvalue weighted by atomic mass is 32.1. The lowest BCUT2D eigenvalue weighted by Crippen LogP contribution is -2.03. The van der Waals surface area contributed by atoms with Crippen molar-refractivity contribution in [2.24, 2.45) is 0 Å². The zero-order valence-electron chi connectivity index (χ0n) is 8.66. The lowest BCUT2D eigenvalue weighted by atomic mass is 10.3. The number of imidazole rings is 1. The van der Waals surface area contributed by atoms with Gasteiger partial charge in [0.1, 0.15) is 5.82 Å². The highest BCUT2D eigenvalue weighted by molar-refractivity contribution is 7.13. The molecule has 0 aliphatic rings. The van der Waals surface area contributed by atoms with E-state index in [-0.39, 0.29) is 0 Å². The maximum absolute atomic E-state index is 4.33. The Morgan fingerprint density at radius 1 is 1.53 bits per heavy atom. The fourth-order valence-electron chi connectivity index (χ4n) is 1.32. The Labute approximate surface area is 92.8 Å². The van der Waals surface area contributed by atoms with Gasteiger partial charge >= 0.3 is 0 Å². The second kappa shape index (κ2) is 4.93. The van der Waals surface area contributed by atoms with E-state index in [4.69, 9.17) is 0 Å². The van der Waals surface area contributed by atoms with Gasteiger partial charge in [-0.15, -0.1) is 11.3 Å². The summed E-state index contributed by atoms with van der Waals surface area (Å²) in [5.74, 6) is 1.05. The van der Waals surface area contributed by atoms with Crippen molar-refractivity contribution in [3.8, 4) is 0 Å². The number of nitrogens with zero attached hydrogens (tertiary/aromatic N) is 2. The van der Waals surface area contributed by atoms with Gasteiger partial charge in [0.05, 0.1) is 5.69 Å². The second-order valence-corrected chi connectivity index (χ2v) is 4.22. The first-order valence-corrected chi connectivity index (χ1v) is 5.87. The zero-order chi connectivity index (χ0) is 10.5. The number of H-pyrrole nitrogens is 1. The van der Waals surface area contributed by atoms with Crippen molar-refractivity contribution in [1.29, 1.82) is 0 Å². The normalized spacial score (nSPS) is 10.5. The van der Waals surface area contributed by atoms with E-state index in [2.05, 4.69) is 25.6 Å². The predicted octanol–water partition coefficient (Wildman–Crippen LogP) is 2.22. The third-order valence-corrected chi connectivity index (χ3v) is 2.96. The smallest absolute Gasteiger partial charge is 0.182 e. The Hall–Kier alpha value is -1.36. The minimum absolute atomic E-state index is 0.938. The van der Waals surface area contributed by atoms with Crippen molar-refractivity contribution >= 4 is 16.5 Å². The van der Waals surface area contributed by atoms with E-state index < -0.39 is 0 Å². The van der Waals surface area contributed by atoms with Crippen LogP contribution < -0.4 is 5.32 Å². The SMILES string of the molecule is Cc1csc(NCCCc2ncc[nH]2)n1. The first-order valence-electron chi connectivity index (χ1n) is 4.99. The van der Waals surface area contributed by atoms with E-state index in [0.29, 0.717) is 0 Å². The molecule has 2 aromatic heterocycles. The maximum atomic E-state index is 4.33. The number of hydrogen-bond acceptors (Lipinski definition) is 4. The molecule has 15 heavy (non-hydrogen) atoms. The van der Waals surface area contributed by atoms with Crippen LogP contribution >= 0.6 is 11.3 Å². The molecule has 0 atom stereocenters. The highest BCUT2D eigenvalue weighted by Gasteiger charge is 1.98. The Kier molecular flexibility index (Phi) is 3.34. The molecule has 0 aliphatic heterocycles. The highest BCUT2D eigenvalue weighted by Crippen LogP contribution is 2.14. The molecule has 2 N–H and O–H groups in total. The van der Waals surface area contributed by atoms with Crippen LogP contribution in [0.4, 0.5) is 5.13 Å². The molecule has 0 spiro atoms. The van der Waals surface area contributed by atoms with E-state index in [1.54, 1.807) is 17.5 Å². The Morgan fingerprint density at radius 3 is 3.13 bits per heavy atom. The zero-order valence-corrected chi connectivity index (χ0v) is 9.47. The molecule has 0 bridgehead atoms. The standard InChI is InChI=1S/C10H14N4S/c1-8-7-15-10(14-8)13-4-2-3-9-11-5-6-12-9/h5-7H,2-4H2,1H3,(H,11,12)(H,13,14). The minimum Gasteiger partial charge on any atom is -0.362 e. The van der Waals surface area contributed by atoms with Gasteiger partial charge in [-0.05, 0) is 13.3 Å². The van der Waals surface area contributed by atoms with Crippen LogP contribution in [0.25, 0.3) is 0 Å². The Balaban J connectivity index is 1.67.